The van der Waals surface area contributed by atoms with Gasteiger partial charge in [-0.1, -0.05) is 49.6 Å². The lowest BCUT2D eigenvalue weighted by atomic mass is 9.83. The molecule has 0 radical (unpaired) electrons. The maximum atomic E-state index is 12.0. The van der Waals surface area contributed by atoms with Crippen LogP contribution >= 0.6 is 0 Å². The summed E-state index contributed by atoms with van der Waals surface area (Å²) in [5.74, 6) is 0.674. The number of rotatable bonds is 7. The molecular weight excluding hydrogens is 238 g/mol. The summed E-state index contributed by atoms with van der Waals surface area (Å²) >= 11 is 0. The molecule has 3 heteroatoms. The molecule has 1 aromatic carbocycles. The molecule has 0 heterocycles. The number of nitrogens with one attached hydrogen (secondary N) is 1. The van der Waals surface area contributed by atoms with Crippen molar-refractivity contribution in [3.05, 3.63) is 35.9 Å². The summed E-state index contributed by atoms with van der Waals surface area (Å²) in [7, 11) is 0. The lowest BCUT2D eigenvalue weighted by Gasteiger charge is -2.26. The molecule has 0 bridgehead atoms. The molecule has 1 aromatic rings. The molecule has 1 aliphatic carbocycles. The van der Waals surface area contributed by atoms with E-state index in [1.807, 2.05) is 37.3 Å². The van der Waals surface area contributed by atoms with Crippen LogP contribution in [0.25, 0.3) is 0 Å². The number of hydrogen-bond acceptors (Lipinski definition) is 3. The van der Waals surface area contributed by atoms with Crippen LogP contribution in [0.2, 0.25) is 0 Å². The third-order valence-electron chi connectivity index (χ3n) is 3.78. The Kier molecular flexibility index (Phi) is 5.40. The normalized spacial score (nSPS) is 16.7. The molecule has 0 saturated heterocycles. The molecule has 0 amide bonds. The van der Waals surface area contributed by atoms with Crippen LogP contribution in [-0.2, 0) is 9.53 Å². The smallest absolute Gasteiger partial charge is 0.327 e. The van der Waals surface area contributed by atoms with Gasteiger partial charge in [-0.05, 0) is 31.4 Å². The minimum atomic E-state index is -0.332. The van der Waals surface area contributed by atoms with E-state index in [1.165, 1.54) is 19.3 Å². The van der Waals surface area contributed by atoms with Crippen LogP contribution in [0.5, 0.6) is 0 Å². The van der Waals surface area contributed by atoms with Gasteiger partial charge in [-0.25, -0.2) is 4.79 Å². The van der Waals surface area contributed by atoms with Crippen LogP contribution in [0.3, 0.4) is 0 Å². The van der Waals surface area contributed by atoms with E-state index < -0.39 is 0 Å². The van der Waals surface area contributed by atoms with Crippen molar-refractivity contribution in [1.29, 1.82) is 0 Å². The van der Waals surface area contributed by atoms with Gasteiger partial charge in [0.15, 0.2) is 0 Å². The molecule has 2 rings (SSSR count). The molecule has 1 saturated carbocycles. The van der Waals surface area contributed by atoms with Gasteiger partial charge in [0.1, 0.15) is 6.04 Å². The Balaban J connectivity index is 1.91. The van der Waals surface area contributed by atoms with Crippen molar-refractivity contribution < 1.29 is 9.53 Å². The Bertz CT molecular complexity index is 387. The Morgan fingerprint density at radius 1 is 1.37 bits per heavy atom. The van der Waals surface area contributed by atoms with E-state index in [0.29, 0.717) is 6.61 Å². The van der Waals surface area contributed by atoms with Crippen LogP contribution < -0.4 is 5.32 Å². The van der Waals surface area contributed by atoms with Crippen LogP contribution in [0.15, 0.2) is 30.3 Å². The standard InChI is InChI=1S/C16H23NO2/c1-2-19-16(18)15(14-9-4-3-5-10-14)17-12-11-13-7-6-8-13/h3-5,9-10,13,15,17H,2,6-8,11-12H2,1H3. The van der Waals surface area contributed by atoms with Gasteiger partial charge in [-0.15, -0.1) is 0 Å². The average Bonchev–Trinajstić information content (AvgIpc) is 2.38. The number of carbonyl (C=O) groups excluding carboxylic acids is 1. The first-order valence-corrected chi connectivity index (χ1v) is 7.26. The van der Waals surface area contributed by atoms with Crippen molar-refractivity contribution in [2.75, 3.05) is 13.2 Å². The van der Waals surface area contributed by atoms with E-state index in [1.54, 1.807) is 0 Å². The van der Waals surface area contributed by atoms with Gasteiger partial charge >= 0.3 is 5.97 Å². The first kappa shape index (κ1) is 14.1. The SMILES string of the molecule is CCOC(=O)C(NCCC1CCC1)c1ccccc1. The zero-order valence-corrected chi connectivity index (χ0v) is 11.6. The summed E-state index contributed by atoms with van der Waals surface area (Å²) in [6.45, 7) is 3.14. The molecule has 0 aliphatic heterocycles. The Hall–Kier alpha value is -1.35. The lowest BCUT2D eigenvalue weighted by molar-refractivity contribution is -0.145. The molecule has 19 heavy (non-hydrogen) atoms. The zero-order valence-electron chi connectivity index (χ0n) is 11.6. The van der Waals surface area contributed by atoms with Gasteiger partial charge in [0, 0.05) is 0 Å². The van der Waals surface area contributed by atoms with Crippen molar-refractivity contribution in [2.45, 2.75) is 38.6 Å². The monoisotopic (exact) mass is 261 g/mol. The molecule has 1 fully saturated rings. The van der Waals surface area contributed by atoms with E-state index >= 15 is 0 Å². The third-order valence-corrected chi connectivity index (χ3v) is 3.78. The summed E-state index contributed by atoms with van der Waals surface area (Å²) in [5, 5.41) is 3.35. The van der Waals surface area contributed by atoms with Crippen molar-refractivity contribution >= 4 is 5.97 Å². The van der Waals surface area contributed by atoms with Crippen molar-refractivity contribution in [3.8, 4) is 0 Å². The van der Waals surface area contributed by atoms with E-state index in [-0.39, 0.29) is 12.0 Å². The van der Waals surface area contributed by atoms with Gasteiger partial charge < -0.3 is 10.1 Å². The first-order valence-electron chi connectivity index (χ1n) is 7.26. The fraction of sp³-hybridized carbons (Fsp3) is 0.562. The number of esters is 1. The molecule has 1 atom stereocenters. The molecule has 1 N–H and O–H groups in total. The number of ether oxygens (including phenoxy) is 1. The largest absolute Gasteiger partial charge is 0.465 e. The van der Waals surface area contributed by atoms with Crippen LogP contribution in [-0.4, -0.2) is 19.1 Å². The van der Waals surface area contributed by atoms with Gasteiger partial charge in [-0.2, -0.15) is 0 Å². The fourth-order valence-electron chi connectivity index (χ4n) is 2.42. The predicted octanol–water partition coefficient (Wildman–Crippen LogP) is 3.07. The average molecular weight is 261 g/mol. The highest BCUT2D eigenvalue weighted by atomic mass is 16.5. The second-order valence-corrected chi connectivity index (χ2v) is 5.14. The quantitative estimate of drug-likeness (QED) is 0.767. The highest BCUT2D eigenvalue weighted by Gasteiger charge is 2.22. The second kappa shape index (κ2) is 7.29. The maximum Gasteiger partial charge on any atom is 0.327 e. The molecule has 3 nitrogen and oxygen atoms in total. The molecule has 1 unspecified atom stereocenters. The summed E-state index contributed by atoms with van der Waals surface area (Å²) < 4.78 is 5.15. The number of carbonyl (C=O) groups is 1. The predicted molar refractivity (Wildman–Crippen MR) is 75.8 cm³/mol. The van der Waals surface area contributed by atoms with Crippen molar-refractivity contribution in [2.24, 2.45) is 5.92 Å². The highest BCUT2D eigenvalue weighted by Crippen LogP contribution is 2.29. The number of hydrogen-bond donors (Lipinski definition) is 1. The van der Waals surface area contributed by atoms with E-state index in [9.17, 15) is 4.79 Å². The molecule has 1 aliphatic rings. The summed E-state index contributed by atoms with van der Waals surface area (Å²) in [4.78, 5) is 12.0. The summed E-state index contributed by atoms with van der Waals surface area (Å²) in [6.07, 6.45) is 5.21. The second-order valence-electron chi connectivity index (χ2n) is 5.14. The van der Waals surface area contributed by atoms with Crippen LogP contribution in [0.1, 0.15) is 44.2 Å². The van der Waals surface area contributed by atoms with Gasteiger partial charge in [-0.3, -0.25) is 0 Å². The van der Waals surface area contributed by atoms with E-state index in [4.69, 9.17) is 4.74 Å². The molecular formula is C16H23NO2. The molecule has 0 spiro atoms. The molecule has 0 aromatic heterocycles. The van der Waals surface area contributed by atoms with Gasteiger partial charge in [0.25, 0.3) is 0 Å². The summed E-state index contributed by atoms with van der Waals surface area (Å²) in [5.41, 5.74) is 0.981. The van der Waals surface area contributed by atoms with Crippen molar-refractivity contribution in [3.63, 3.8) is 0 Å². The minimum absolute atomic E-state index is 0.178. The third kappa shape index (κ3) is 4.06. The van der Waals surface area contributed by atoms with Crippen LogP contribution in [0, 0.1) is 5.92 Å². The van der Waals surface area contributed by atoms with E-state index in [2.05, 4.69) is 5.32 Å². The fourth-order valence-corrected chi connectivity index (χ4v) is 2.42. The van der Waals surface area contributed by atoms with Gasteiger partial charge in [0.2, 0.25) is 0 Å². The zero-order chi connectivity index (χ0) is 13.5. The Morgan fingerprint density at radius 2 is 2.11 bits per heavy atom. The maximum absolute atomic E-state index is 12.0. The van der Waals surface area contributed by atoms with Crippen LogP contribution in [0.4, 0.5) is 0 Å². The Morgan fingerprint density at radius 3 is 2.68 bits per heavy atom. The first-order chi connectivity index (χ1) is 9.31. The summed E-state index contributed by atoms with van der Waals surface area (Å²) in [6, 6.07) is 9.47. The van der Waals surface area contributed by atoms with Crippen molar-refractivity contribution in [1.82, 2.24) is 5.32 Å². The topological polar surface area (TPSA) is 38.3 Å². The lowest BCUT2D eigenvalue weighted by Crippen LogP contribution is -2.32. The molecule has 104 valence electrons. The number of benzene rings is 1. The van der Waals surface area contributed by atoms with E-state index in [0.717, 1.165) is 24.4 Å². The minimum Gasteiger partial charge on any atom is -0.465 e. The Labute approximate surface area is 115 Å². The van der Waals surface area contributed by atoms with Gasteiger partial charge in [0.05, 0.1) is 6.61 Å². The highest BCUT2D eigenvalue weighted by molar-refractivity contribution is 5.77.